The first-order chi connectivity index (χ1) is 10.8. The Kier molecular flexibility index (Phi) is 5.87. The molecule has 2 rings (SSSR count). The molecule has 0 bridgehead atoms. The minimum atomic E-state index is -4.74. The van der Waals surface area contributed by atoms with Gasteiger partial charge in [-0.25, -0.2) is 0 Å². The van der Waals surface area contributed by atoms with Crippen LogP contribution in [0.2, 0.25) is 0 Å². The molecular weight excluding hydrogens is 309 g/mol. The standard InChI is InChI=1S/C16H21F3N2O2/c1-11(12-5-7-20-8-6-12)9-15(22)21-13-3-2-4-14(10-13)23-16(17,18)19/h2-4,10-12,20H,5-9H2,1H3,(H,21,22). The predicted octanol–water partition coefficient (Wildman–Crippen LogP) is 3.55. The number of hydrogen-bond acceptors (Lipinski definition) is 3. The number of anilines is 1. The van der Waals surface area contributed by atoms with Crippen LogP contribution in [0.5, 0.6) is 5.75 Å². The average Bonchev–Trinajstić information content (AvgIpc) is 2.46. The summed E-state index contributed by atoms with van der Waals surface area (Å²) in [4.78, 5) is 12.1. The van der Waals surface area contributed by atoms with Crippen LogP contribution in [0.3, 0.4) is 0 Å². The zero-order valence-electron chi connectivity index (χ0n) is 13.0. The monoisotopic (exact) mass is 330 g/mol. The van der Waals surface area contributed by atoms with E-state index in [0.717, 1.165) is 25.9 Å². The Labute approximate surface area is 133 Å². The number of benzene rings is 1. The molecule has 128 valence electrons. The lowest BCUT2D eigenvalue weighted by molar-refractivity contribution is -0.274. The first kappa shape index (κ1) is 17.6. The zero-order chi connectivity index (χ0) is 16.9. The summed E-state index contributed by atoms with van der Waals surface area (Å²) in [5.74, 6) is 0.204. The van der Waals surface area contributed by atoms with Crippen LogP contribution in [0.25, 0.3) is 0 Å². The van der Waals surface area contributed by atoms with Gasteiger partial charge in [-0.3, -0.25) is 4.79 Å². The molecule has 1 aliphatic rings. The van der Waals surface area contributed by atoms with Crippen molar-refractivity contribution in [1.29, 1.82) is 0 Å². The number of amides is 1. The van der Waals surface area contributed by atoms with Crippen molar-refractivity contribution in [3.8, 4) is 5.75 Å². The second-order valence-corrected chi connectivity index (χ2v) is 5.89. The van der Waals surface area contributed by atoms with Gasteiger partial charge in [0.05, 0.1) is 0 Å². The summed E-state index contributed by atoms with van der Waals surface area (Å²) in [5.41, 5.74) is 0.300. The van der Waals surface area contributed by atoms with Gasteiger partial charge in [-0.05, 0) is 49.9 Å². The van der Waals surface area contributed by atoms with Crippen LogP contribution in [-0.2, 0) is 4.79 Å². The van der Waals surface area contributed by atoms with Gasteiger partial charge in [0, 0.05) is 18.2 Å². The topological polar surface area (TPSA) is 50.4 Å². The molecule has 1 saturated heterocycles. The van der Waals surface area contributed by atoms with Gasteiger partial charge in [0.1, 0.15) is 5.75 Å². The molecule has 0 radical (unpaired) electrons. The summed E-state index contributed by atoms with van der Waals surface area (Å²) >= 11 is 0. The minimum absolute atomic E-state index is 0.194. The molecule has 0 aromatic heterocycles. The van der Waals surface area contributed by atoms with E-state index >= 15 is 0 Å². The van der Waals surface area contributed by atoms with Crippen LogP contribution < -0.4 is 15.4 Å². The Balaban J connectivity index is 1.88. The second-order valence-electron chi connectivity index (χ2n) is 5.89. The molecule has 2 N–H and O–H groups in total. The molecule has 1 unspecified atom stereocenters. The fourth-order valence-corrected chi connectivity index (χ4v) is 2.86. The first-order valence-corrected chi connectivity index (χ1v) is 7.70. The number of piperidine rings is 1. The predicted molar refractivity (Wildman–Crippen MR) is 81.1 cm³/mol. The maximum Gasteiger partial charge on any atom is 0.573 e. The molecule has 23 heavy (non-hydrogen) atoms. The molecule has 4 nitrogen and oxygen atoms in total. The minimum Gasteiger partial charge on any atom is -0.406 e. The third-order valence-electron chi connectivity index (χ3n) is 4.05. The van der Waals surface area contributed by atoms with Crippen LogP contribution >= 0.6 is 0 Å². The Morgan fingerprint density at radius 1 is 1.39 bits per heavy atom. The number of rotatable bonds is 5. The van der Waals surface area contributed by atoms with E-state index in [1.807, 2.05) is 6.92 Å². The summed E-state index contributed by atoms with van der Waals surface area (Å²) in [6.45, 7) is 3.97. The van der Waals surface area contributed by atoms with Crippen LogP contribution in [0.1, 0.15) is 26.2 Å². The lowest BCUT2D eigenvalue weighted by Crippen LogP contribution is -2.32. The fourth-order valence-electron chi connectivity index (χ4n) is 2.86. The molecule has 1 aromatic rings. The number of carbonyl (C=O) groups excluding carboxylic acids is 1. The smallest absolute Gasteiger partial charge is 0.406 e. The van der Waals surface area contributed by atoms with Crippen LogP contribution in [0.15, 0.2) is 24.3 Å². The van der Waals surface area contributed by atoms with E-state index in [1.165, 1.54) is 24.3 Å². The molecule has 1 aliphatic heterocycles. The Morgan fingerprint density at radius 2 is 2.09 bits per heavy atom. The van der Waals surface area contributed by atoms with Crippen molar-refractivity contribution in [3.05, 3.63) is 24.3 Å². The number of ether oxygens (including phenoxy) is 1. The summed E-state index contributed by atoms with van der Waals surface area (Å²) in [5, 5.41) is 5.92. The Morgan fingerprint density at radius 3 is 2.74 bits per heavy atom. The van der Waals surface area contributed by atoms with Crippen LogP contribution in [-0.4, -0.2) is 25.4 Å². The van der Waals surface area contributed by atoms with Crippen LogP contribution in [0.4, 0.5) is 18.9 Å². The highest BCUT2D eigenvalue weighted by Gasteiger charge is 2.31. The van der Waals surface area contributed by atoms with Crippen molar-refractivity contribution in [1.82, 2.24) is 5.32 Å². The average molecular weight is 330 g/mol. The molecule has 0 spiro atoms. The molecule has 7 heteroatoms. The highest BCUT2D eigenvalue weighted by atomic mass is 19.4. The van der Waals surface area contributed by atoms with Gasteiger partial charge < -0.3 is 15.4 Å². The third-order valence-corrected chi connectivity index (χ3v) is 4.05. The molecular formula is C16H21F3N2O2. The lowest BCUT2D eigenvalue weighted by Gasteiger charge is -2.27. The Hall–Kier alpha value is -1.76. The van der Waals surface area contributed by atoms with E-state index in [9.17, 15) is 18.0 Å². The molecule has 1 heterocycles. The van der Waals surface area contributed by atoms with Crippen molar-refractivity contribution in [2.75, 3.05) is 18.4 Å². The largest absolute Gasteiger partial charge is 0.573 e. The van der Waals surface area contributed by atoms with Gasteiger partial charge in [-0.15, -0.1) is 13.2 Å². The summed E-state index contributed by atoms with van der Waals surface area (Å²) in [7, 11) is 0. The summed E-state index contributed by atoms with van der Waals surface area (Å²) in [6.07, 6.45) is -2.30. The second kappa shape index (κ2) is 7.68. The van der Waals surface area contributed by atoms with E-state index in [4.69, 9.17) is 0 Å². The normalized spacial score (nSPS) is 17.6. The third kappa shape index (κ3) is 6.09. The van der Waals surface area contributed by atoms with E-state index in [2.05, 4.69) is 15.4 Å². The van der Waals surface area contributed by atoms with Crippen molar-refractivity contribution in [2.45, 2.75) is 32.5 Å². The molecule has 1 atom stereocenters. The molecule has 0 aliphatic carbocycles. The SMILES string of the molecule is CC(CC(=O)Nc1cccc(OC(F)(F)F)c1)C1CCNCC1. The van der Waals surface area contributed by atoms with Gasteiger partial charge in [0.15, 0.2) is 0 Å². The van der Waals surface area contributed by atoms with Crippen molar-refractivity contribution in [2.24, 2.45) is 11.8 Å². The van der Waals surface area contributed by atoms with E-state index in [0.29, 0.717) is 18.0 Å². The number of hydrogen-bond donors (Lipinski definition) is 2. The van der Waals surface area contributed by atoms with Crippen LogP contribution in [0, 0.1) is 11.8 Å². The van der Waals surface area contributed by atoms with Gasteiger partial charge in [-0.2, -0.15) is 0 Å². The highest BCUT2D eigenvalue weighted by Crippen LogP contribution is 2.27. The first-order valence-electron chi connectivity index (χ1n) is 7.70. The number of nitrogens with one attached hydrogen (secondary N) is 2. The van der Waals surface area contributed by atoms with Crippen molar-refractivity contribution in [3.63, 3.8) is 0 Å². The van der Waals surface area contributed by atoms with E-state index in [1.54, 1.807) is 0 Å². The quantitative estimate of drug-likeness (QED) is 0.868. The van der Waals surface area contributed by atoms with Crippen molar-refractivity contribution < 1.29 is 22.7 Å². The Bertz CT molecular complexity index is 528. The zero-order valence-corrected chi connectivity index (χ0v) is 13.0. The van der Waals surface area contributed by atoms with E-state index in [-0.39, 0.29) is 17.6 Å². The summed E-state index contributed by atoms with van der Waals surface area (Å²) < 4.78 is 40.4. The maximum absolute atomic E-state index is 12.2. The fraction of sp³-hybridized carbons (Fsp3) is 0.562. The van der Waals surface area contributed by atoms with Crippen molar-refractivity contribution >= 4 is 11.6 Å². The van der Waals surface area contributed by atoms with Gasteiger partial charge in [-0.1, -0.05) is 13.0 Å². The van der Waals surface area contributed by atoms with Gasteiger partial charge >= 0.3 is 6.36 Å². The molecule has 1 fully saturated rings. The number of alkyl halides is 3. The number of halogens is 3. The molecule has 0 saturated carbocycles. The molecule has 1 aromatic carbocycles. The lowest BCUT2D eigenvalue weighted by atomic mass is 9.84. The van der Waals surface area contributed by atoms with E-state index < -0.39 is 6.36 Å². The maximum atomic E-state index is 12.2. The number of carbonyl (C=O) groups is 1. The molecule has 1 amide bonds. The van der Waals surface area contributed by atoms with Gasteiger partial charge in [0.2, 0.25) is 5.91 Å². The summed E-state index contributed by atoms with van der Waals surface area (Å²) in [6, 6.07) is 5.31. The highest BCUT2D eigenvalue weighted by molar-refractivity contribution is 5.91. The van der Waals surface area contributed by atoms with Gasteiger partial charge in [0.25, 0.3) is 0 Å².